The predicted octanol–water partition coefficient (Wildman–Crippen LogP) is 3.76. The predicted molar refractivity (Wildman–Crippen MR) is 105 cm³/mol. The summed E-state index contributed by atoms with van der Waals surface area (Å²) >= 11 is 0. The molecule has 2 aliphatic rings. The maximum absolute atomic E-state index is 12.8. The zero-order valence-electron chi connectivity index (χ0n) is 15.8. The van der Waals surface area contributed by atoms with Gasteiger partial charge in [-0.3, -0.25) is 19.3 Å². The Bertz CT molecular complexity index is 891. The van der Waals surface area contributed by atoms with E-state index in [-0.39, 0.29) is 36.0 Å². The van der Waals surface area contributed by atoms with Gasteiger partial charge in [0, 0.05) is 0 Å². The number of imide groups is 1. The normalized spacial score (nSPS) is 24.2. The van der Waals surface area contributed by atoms with Crippen molar-refractivity contribution in [2.24, 2.45) is 17.8 Å². The van der Waals surface area contributed by atoms with Gasteiger partial charge in [0.25, 0.3) is 0 Å². The van der Waals surface area contributed by atoms with Crippen LogP contribution in [0.3, 0.4) is 0 Å². The molecule has 0 aromatic heterocycles. The number of hydrogen-bond acceptors (Lipinski definition) is 4. The summed E-state index contributed by atoms with van der Waals surface area (Å²) < 4.78 is 5.37. The number of hydrogen-bond donors (Lipinski definition) is 0. The first-order valence-electron chi connectivity index (χ1n) is 9.75. The molecule has 144 valence electrons. The van der Waals surface area contributed by atoms with Crippen molar-refractivity contribution in [2.45, 2.75) is 32.6 Å². The van der Waals surface area contributed by atoms with Crippen molar-refractivity contribution >= 4 is 23.5 Å². The van der Waals surface area contributed by atoms with E-state index in [0.29, 0.717) is 17.4 Å². The monoisotopic (exact) mass is 377 g/mol. The third kappa shape index (κ3) is 3.57. The second kappa shape index (κ2) is 7.58. The fraction of sp³-hybridized carbons (Fsp3) is 0.348. The van der Waals surface area contributed by atoms with E-state index < -0.39 is 0 Å². The van der Waals surface area contributed by atoms with Crippen LogP contribution < -0.4 is 9.64 Å². The first-order valence-corrected chi connectivity index (χ1v) is 9.75. The number of anilines is 1. The molecule has 5 nitrogen and oxygen atoms in total. The molecular formula is C23H23NO4. The number of nitrogens with zero attached hydrogens (tertiary/aromatic N) is 1. The molecule has 2 aromatic rings. The number of ether oxygens (including phenoxy) is 1. The smallest absolute Gasteiger partial charge is 0.315 e. The molecule has 2 amide bonds. The van der Waals surface area contributed by atoms with Gasteiger partial charge in [0.05, 0.1) is 23.9 Å². The number of esters is 1. The molecule has 1 heterocycles. The summed E-state index contributed by atoms with van der Waals surface area (Å²) in [7, 11) is 0. The number of fused-ring (bicyclic) bond motifs is 1. The van der Waals surface area contributed by atoms with Gasteiger partial charge < -0.3 is 4.74 Å². The van der Waals surface area contributed by atoms with Crippen LogP contribution in [-0.2, 0) is 20.8 Å². The first-order chi connectivity index (χ1) is 13.5. The number of carbonyl (C=O) groups is 3. The Morgan fingerprint density at radius 3 is 2.36 bits per heavy atom. The highest BCUT2D eigenvalue weighted by atomic mass is 16.5. The molecule has 1 saturated carbocycles. The first kappa shape index (κ1) is 18.4. The Morgan fingerprint density at radius 2 is 1.64 bits per heavy atom. The number of carbonyl (C=O) groups excluding carboxylic acids is 3. The highest BCUT2D eigenvalue weighted by molar-refractivity contribution is 6.22. The van der Waals surface area contributed by atoms with Crippen LogP contribution in [0.1, 0.15) is 31.7 Å². The molecule has 1 aliphatic carbocycles. The maximum Gasteiger partial charge on any atom is 0.315 e. The summed E-state index contributed by atoms with van der Waals surface area (Å²) in [6.45, 7) is 2.13. The van der Waals surface area contributed by atoms with Crippen molar-refractivity contribution < 1.29 is 19.1 Å². The lowest BCUT2D eigenvalue weighted by Gasteiger charge is -2.25. The number of amides is 2. The second-order valence-corrected chi connectivity index (χ2v) is 7.77. The lowest BCUT2D eigenvalue weighted by Crippen LogP contribution is -2.30. The van der Waals surface area contributed by atoms with Crippen LogP contribution in [0.5, 0.6) is 5.75 Å². The third-order valence-corrected chi connectivity index (χ3v) is 5.71. The minimum Gasteiger partial charge on any atom is -0.426 e. The van der Waals surface area contributed by atoms with E-state index in [1.807, 2.05) is 30.3 Å². The van der Waals surface area contributed by atoms with Crippen LogP contribution in [-0.4, -0.2) is 17.8 Å². The average molecular weight is 377 g/mol. The molecule has 3 atom stereocenters. The highest BCUT2D eigenvalue weighted by Crippen LogP contribution is 2.42. The van der Waals surface area contributed by atoms with Gasteiger partial charge in [-0.2, -0.15) is 0 Å². The van der Waals surface area contributed by atoms with Gasteiger partial charge >= 0.3 is 5.97 Å². The SMILES string of the molecule is C[C@@H]1CC[C@H]2C(=O)N(c3ccc(OC(=O)Cc4ccccc4)cc3)C(=O)[C@@H]2C1. The van der Waals surface area contributed by atoms with Crippen molar-refractivity contribution in [1.29, 1.82) is 0 Å². The minimum atomic E-state index is -0.354. The van der Waals surface area contributed by atoms with Crippen molar-refractivity contribution in [2.75, 3.05) is 4.90 Å². The fourth-order valence-electron chi connectivity index (χ4n) is 4.24. The molecule has 28 heavy (non-hydrogen) atoms. The van der Waals surface area contributed by atoms with E-state index in [0.717, 1.165) is 24.8 Å². The average Bonchev–Trinajstić information content (AvgIpc) is 2.93. The maximum atomic E-state index is 12.8. The van der Waals surface area contributed by atoms with Crippen molar-refractivity contribution in [3.63, 3.8) is 0 Å². The molecular weight excluding hydrogens is 354 g/mol. The van der Waals surface area contributed by atoms with Crippen molar-refractivity contribution in [3.8, 4) is 5.75 Å². The number of rotatable bonds is 4. The standard InChI is InChI=1S/C23H23NO4/c1-15-7-12-19-20(13-15)23(27)24(22(19)26)17-8-10-18(11-9-17)28-21(25)14-16-5-3-2-4-6-16/h2-6,8-11,15,19-20H,7,12-14H2,1H3/t15-,19-,20-/m1/s1. The van der Waals surface area contributed by atoms with Gasteiger partial charge in [0.15, 0.2) is 0 Å². The van der Waals surface area contributed by atoms with E-state index in [2.05, 4.69) is 6.92 Å². The van der Waals surface area contributed by atoms with Gasteiger partial charge in [-0.25, -0.2) is 0 Å². The Morgan fingerprint density at radius 1 is 0.964 bits per heavy atom. The Labute approximate surface area is 164 Å². The van der Waals surface area contributed by atoms with E-state index in [1.165, 1.54) is 4.90 Å². The Hall–Kier alpha value is -2.95. The van der Waals surface area contributed by atoms with E-state index >= 15 is 0 Å². The van der Waals surface area contributed by atoms with Crippen molar-refractivity contribution in [3.05, 3.63) is 60.2 Å². The molecule has 0 radical (unpaired) electrons. The summed E-state index contributed by atoms with van der Waals surface area (Å²) in [6.07, 6.45) is 2.74. The van der Waals surface area contributed by atoms with Crippen LogP contribution >= 0.6 is 0 Å². The molecule has 2 aromatic carbocycles. The van der Waals surface area contributed by atoms with E-state index in [1.54, 1.807) is 24.3 Å². The quantitative estimate of drug-likeness (QED) is 0.462. The van der Waals surface area contributed by atoms with Crippen LogP contribution in [0.15, 0.2) is 54.6 Å². The summed E-state index contributed by atoms with van der Waals surface area (Å²) in [5.41, 5.74) is 1.43. The van der Waals surface area contributed by atoms with Gasteiger partial charge in [0.1, 0.15) is 5.75 Å². The highest BCUT2D eigenvalue weighted by Gasteiger charge is 2.49. The van der Waals surface area contributed by atoms with Gasteiger partial charge in [-0.1, -0.05) is 37.3 Å². The molecule has 1 saturated heterocycles. The molecule has 4 rings (SSSR count). The molecule has 1 aliphatic heterocycles. The molecule has 0 N–H and O–H groups in total. The minimum absolute atomic E-state index is 0.101. The van der Waals surface area contributed by atoms with Crippen LogP contribution in [0.4, 0.5) is 5.69 Å². The molecule has 2 fully saturated rings. The second-order valence-electron chi connectivity index (χ2n) is 7.77. The number of benzene rings is 2. The largest absolute Gasteiger partial charge is 0.426 e. The Kier molecular flexibility index (Phi) is 4.99. The molecule has 0 bridgehead atoms. The van der Waals surface area contributed by atoms with Gasteiger partial charge in [-0.15, -0.1) is 0 Å². The van der Waals surface area contributed by atoms with Crippen molar-refractivity contribution in [1.82, 2.24) is 0 Å². The summed E-state index contributed by atoms with van der Waals surface area (Å²) in [5, 5.41) is 0. The van der Waals surface area contributed by atoms with Crippen LogP contribution in [0, 0.1) is 17.8 Å². The lowest BCUT2D eigenvalue weighted by molar-refractivity contribution is -0.133. The molecule has 0 unspecified atom stereocenters. The van der Waals surface area contributed by atoms with Crippen LogP contribution in [0.25, 0.3) is 0 Å². The summed E-state index contributed by atoms with van der Waals surface area (Å²) in [6, 6.07) is 16.0. The molecule has 5 heteroatoms. The van der Waals surface area contributed by atoms with Crippen LogP contribution in [0.2, 0.25) is 0 Å². The molecule has 0 spiro atoms. The summed E-state index contributed by atoms with van der Waals surface area (Å²) in [4.78, 5) is 38.9. The van der Waals surface area contributed by atoms with E-state index in [4.69, 9.17) is 4.74 Å². The van der Waals surface area contributed by atoms with E-state index in [9.17, 15) is 14.4 Å². The van der Waals surface area contributed by atoms with Gasteiger partial charge in [0.2, 0.25) is 11.8 Å². The van der Waals surface area contributed by atoms with Gasteiger partial charge in [-0.05, 0) is 55.0 Å². The fourth-order valence-corrected chi connectivity index (χ4v) is 4.24. The zero-order chi connectivity index (χ0) is 19.7. The topological polar surface area (TPSA) is 63.7 Å². The lowest BCUT2D eigenvalue weighted by atomic mass is 9.76. The zero-order valence-corrected chi connectivity index (χ0v) is 15.8. The summed E-state index contributed by atoms with van der Waals surface area (Å²) in [5.74, 6) is -0.0655. The third-order valence-electron chi connectivity index (χ3n) is 5.71. The Balaban J connectivity index is 1.44.